The standard InChI is InChI=1S/C13H20ClN/c1-13(2)9-15-8-7-12(13)10-3-5-11(14)6-4-10/h3,5-6,10,12,15H,4,7-9H2,1-2H3. The lowest BCUT2D eigenvalue weighted by molar-refractivity contribution is 0.116. The van der Waals surface area contributed by atoms with E-state index in [1.165, 1.54) is 6.42 Å². The van der Waals surface area contributed by atoms with E-state index in [0.717, 1.165) is 30.5 Å². The van der Waals surface area contributed by atoms with E-state index in [2.05, 4.69) is 37.4 Å². The maximum Gasteiger partial charge on any atom is 0.0363 e. The van der Waals surface area contributed by atoms with Crippen molar-refractivity contribution in [3.05, 3.63) is 23.3 Å². The summed E-state index contributed by atoms with van der Waals surface area (Å²) in [6.07, 6.45) is 8.93. The molecule has 0 aromatic carbocycles. The van der Waals surface area contributed by atoms with Crippen LogP contribution in [0.5, 0.6) is 0 Å². The third kappa shape index (κ3) is 2.46. The summed E-state index contributed by atoms with van der Waals surface area (Å²) in [4.78, 5) is 0. The monoisotopic (exact) mass is 225 g/mol. The lowest BCUT2D eigenvalue weighted by Crippen LogP contribution is -2.45. The van der Waals surface area contributed by atoms with Crippen LogP contribution >= 0.6 is 11.6 Å². The van der Waals surface area contributed by atoms with Crippen molar-refractivity contribution in [1.29, 1.82) is 0 Å². The van der Waals surface area contributed by atoms with Crippen molar-refractivity contribution in [1.82, 2.24) is 5.32 Å². The fourth-order valence-corrected chi connectivity index (χ4v) is 3.05. The molecule has 2 aliphatic rings. The van der Waals surface area contributed by atoms with Crippen molar-refractivity contribution in [3.8, 4) is 0 Å². The van der Waals surface area contributed by atoms with Crippen LogP contribution in [0.3, 0.4) is 0 Å². The van der Waals surface area contributed by atoms with E-state index in [4.69, 9.17) is 11.6 Å². The quantitative estimate of drug-likeness (QED) is 0.722. The van der Waals surface area contributed by atoms with Gasteiger partial charge in [0.15, 0.2) is 0 Å². The van der Waals surface area contributed by atoms with Crippen LogP contribution in [0.4, 0.5) is 0 Å². The van der Waals surface area contributed by atoms with Gasteiger partial charge in [-0.15, -0.1) is 0 Å². The molecule has 0 saturated carbocycles. The highest BCUT2D eigenvalue weighted by molar-refractivity contribution is 6.31. The van der Waals surface area contributed by atoms with Gasteiger partial charge in [-0.05, 0) is 42.7 Å². The summed E-state index contributed by atoms with van der Waals surface area (Å²) < 4.78 is 0. The SMILES string of the molecule is CC1(C)CNCCC1C1C=CC(Cl)=CC1. The average Bonchev–Trinajstić information content (AvgIpc) is 2.19. The van der Waals surface area contributed by atoms with Crippen molar-refractivity contribution >= 4 is 11.6 Å². The normalized spacial score (nSPS) is 35.0. The van der Waals surface area contributed by atoms with Crippen molar-refractivity contribution in [3.63, 3.8) is 0 Å². The lowest BCUT2D eigenvalue weighted by Gasteiger charge is -2.43. The fraction of sp³-hybridized carbons (Fsp3) is 0.692. The van der Waals surface area contributed by atoms with Crippen LogP contribution in [0, 0.1) is 17.3 Å². The number of hydrogen-bond donors (Lipinski definition) is 1. The van der Waals surface area contributed by atoms with Crippen molar-refractivity contribution in [2.75, 3.05) is 13.1 Å². The summed E-state index contributed by atoms with van der Waals surface area (Å²) in [5, 5.41) is 4.39. The minimum absolute atomic E-state index is 0.408. The summed E-state index contributed by atoms with van der Waals surface area (Å²) >= 11 is 5.95. The molecule has 0 amide bonds. The van der Waals surface area contributed by atoms with Crippen LogP contribution in [-0.4, -0.2) is 13.1 Å². The van der Waals surface area contributed by atoms with Crippen LogP contribution in [0.25, 0.3) is 0 Å². The van der Waals surface area contributed by atoms with Gasteiger partial charge in [0.05, 0.1) is 0 Å². The summed E-state index contributed by atoms with van der Waals surface area (Å²) in [5.41, 5.74) is 0.408. The molecule has 1 heterocycles. The molecule has 1 aliphatic heterocycles. The number of hydrogen-bond acceptors (Lipinski definition) is 1. The number of piperidine rings is 1. The van der Waals surface area contributed by atoms with Crippen LogP contribution in [-0.2, 0) is 0 Å². The highest BCUT2D eigenvalue weighted by Gasteiger charge is 2.36. The molecule has 0 aromatic rings. The lowest BCUT2D eigenvalue weighted by atomic mass is 9.67. The Labute approximate surface area is 97.6 Å². The Kier molecular flexibility index (Phi) is 3.22. The molecule has 2 heteroatoms. The second-order valence-corrected chi connectivity index (χ2v) is 5.84. The van der Waals surface area contributed by atoms with Crippen LogP contribution in [0.2, 0.25) is 0 Å². The first-order valence-electron chi connectivity index (χ1n) is 5.84. The predicted octanol–water partition coefficient (Wildman–Crippen LogP) is 3.32. The van der Waals surface area contributed by atoms with E-state index in [1.54, 1.807) is 0 Å². The van der Waals surface area contributed by atoms with E-state index >= 15 is 0 Å². The third-order valence-corrected chi connectivity index (χ3v) is 4.10. The van der Waals surface area contributed by atoms with E-state index < -0.39 is 0 Å². The number of rotatable bonds is 1. The Morgan fingerprint density at radius 3 is 2.87 bits per heavy atom. The number of nitrogens with one attached hydrogen (secondary N) is 1. The third-order valence-electron chi connectivity index (χ3n) is 3.82. The molecule has 1 saturated heterocycles. The Morgan fingerprint density at radius 1 is 1.47 bits per heavy atom. The summed E-state index contributed by atoms with van der Waals surface area (Å²) in [5.74, 6) is 1.47. The van der Waals surface area contributed by atoms with E-state index in [1.807, 2.05) is 0 Å². The average molecular weight is 226 g/mol. The summed E-state index contributed by atoms with van der Waals surface area (Å²) in [6.45, 7) is 7.05. The minimum atomic E-state index is 0.408. The van der Waals surface area contributed by atoms with Crippen molar-refractivity contribution in [2.24, 2.45) is 17.3 Å². The first-order valence-corrected chi connectivity index (χ1v) is 6.22. The molecule has 1 aliphatic carbocycles. The van der Waals surface area contributed by atoms with Gasteiger partial charge in [-0.3, -0.25) is 0 Å². The van der Waals surface area contributed by atoms with E-state index in [-0.39, 0.29) is 0 Å². The molecule has 2 rings (SSSR count). The van der Waals surface area contributed by atoms with Gasteiger partial charge >= 0.3 is 0 Å². The topological polar surface area (TPSA) is 12.0 Å². The molecule has 2 atom stereocenters. The van der Waals surface area contributed by atoms with Crippen LogP contribution in [0.1, 0.15) is 26.7 Å². The molecule has 1 N–H and O–H groups in total. The van der Waals surface area contributed by atoms with Gasteiger partial charge in [-0.1, -0.05) is 37.6 Å². The molecular weight excluding hydrogens is 206 g/mol. The van der Waals surface area contributed by atoms with Crippen LogP contribution in [0.15, 0.2) is 23.3 Å². The highest BCUT2D eigenvalue weighted by Crippen LogP contribution is 2.40. The molecular formula is C13H20ClN. The van der Waals surface area contributed by atoms with E-state index in [0.29, 0.717) is 11.3 Å². The number of allylic oxidation sites excluding steroid dienone is 4. The van der Waals surface area contributed by atoms with Gasteiger partial charge in [0.2, 0.25) is 0 Å². The first-order chi connectivity index (χ1) is 7.09. The summed E-state index contributed by atoms with van der Waals surface area (Å²) in [6, 6.07) is 0. The molecule has 1 nitrogen and oxygen atoms in total. The molecule has 84 valence electrons. The van der Waals surface area contributed by atoms with Crippen LogP contribution < -0.4 is 5.32 Å². The molecule has 0 spiro atoms. The van der Waals surface area contributed by atoms with Gasteiger partial charge in [-0.2, -0.15) is 0 Å². The fourth-order valence-electron chi connectivity index (χ4n) is 2.89. The Balaban J connectivity index is 2.07. The Bertz CT molecular complexity index is 291. The maximum atomic E-state index is 5.95. The Morgan fingerprint density at radius 2 is 2.27 bits per heavy atom. The predicted molar refractivity (Wildman–Crippen MR) is 65.9 cm³/mol. The number of halogens is 1. The van der Waals surface area contributed by atoms with Gasteiger partial charge in [0.1, 0.15) is 0 Å². The van der Waals surface area contributed by atoms with Gasteiger partial charge in [0, 0.05) is 11.6 Å². The maximum absolute atomic E-state index is 5.95. The summed E-state index contributed by atoms with van der Waals surface area (Å²) in [7, 11) is 0. The van der Waals surface area contributed by atoms with Gasteiger partial charge < -0.3 is 5.32 Å². The Hall–Kier alpha value is -0.270. The zero-order valence-electron chi connectivity index (χ0n) is 9.59. The first kappa shape index (κ1) is 11.2. The second kappa shape index (κ2) is 4.31. The molecule has 0 bridgehead atoms. The van der Waals surface area contributed by atoms with Gasteiger partial charge in [0.25, 0.3) is 0 Å². The van der Waals surface area contributed by atoms with Gasteiger partial charge in [-0.25, -0.2) is 0 Å². The zero-order chi connectivity index (χ0) is 10.9. The van der Waals surface area contributed by atoms with Crippen molar-refractivity contribution in [2.45, 2.75) is 26.7 Å². The zero-order valence-corrected chi connectivity index (χ0v) is 10.3. The molecule has 0 radical (unpaired) electrons. The highest BCUT2D eigenvalue weighted by atomic mass is 35.5. The minimum Gasteiger partial charge on any atom is -0.316 e. The molecule has 1 fully saturated rings. The smallest absolute Gasteiger partial charge is 0.0363 e. The van der Waals surface area contributed by atoms with E-state index in [9.17, 15) is 0 Å². The second-order valence-electron chi connectivity index (χ2n) is 5.41. The molecule has 2 unspecified atom stereocenters. The molecule has 15 heavy (non-hydrogen) atoms. The largest absolute Gasteiger partial charge is 0.316 e. The molecule has 0 aromatic heterocycles. The van der Waals surface area contributed by atoms with Crippen molar-refractivity contribution < 1.29 is 0 Å².